The molecule has 2 aromatic heterocycles. The van der Waals surface area contributed by atoms with Crippen molar-refractivity contribution < 1.29 is 9.32 Å². The van der Waals surface area contributed by atoms with E-state index in [2.05, 4.69) is 24.0 Å². The van der Waals surface area contributed by atoms with Gasteiger partial charge in [0.05, 0.1) is 17.2 Å². The second kappa shape index (κ2) is 6.17. The molecule has 1 amide bonds. The predicted octanol–water partition coefficient (Wildman–Crippen LogP) is 3.16. The van der Waals surface area contributed by atoms with Gasteiger partial charge < -0.3 is 9.42 Å². The van der Waals surface area contributed by atoms with Crippen molar-refractivity contribution in [3.8, 4) is 0 Å². The average molecular weight is 293 g/mol. The summed E-state index contributed by atoms with van der Waals surface area (Å²) in [6, 6.07) is 1.70. The summed E-state index contributed by atoms with van der Waals surface area (Å²) >= 11 is 1.53. The van der Waals surface area contributed by atoms with Gasteiger partial charge in [-0.1, -0.05) is 19.0 Å². The molecular formula is C14H19N3O2S. The Balaban J connectivity index is 2.08. The van der Waals surface area contributed by atoms with E-state index in [1.54, 1.807) is 29.7 Å². The summed E-state index contributed by atoms with van der Waals surface area (Å²) in [6.07, 6.45) is 2.59. The Kier molecular flexibility index (Phi) is 4.54. The van der Waals surface area contributed by atoms with Gasteiger partial charge in [0.15, 0.2) is 0 Å². The third-order valence-corrected chi connectivity index (χ3v) is 4.10. The van der Waals surface area contributed by atoms with Gasteiger partial charge in [-0.25, -0.2) is 0 Å². The molecule has 20 heavy (non-hydrogen) atoms. The zero-order valence-corrected chi connectivity index (χ0v) is 13.0. The summed E-state index contributed by atoms with van der Waals surface area (Å²) in [6.45, 7) is 6.18. The van der Waals surface area contributed by atoms with Crippen molar-refractivity contribution in [2.24, 2.45) is 5.92 Å². The summed E-state index contributed by atoms with van der Waals surface area (Å²) in [5.41, 5.74) is 2.58. The highest BCUT2D eigenvalue weighted by molar-refractivity contribution is 7.09. The molecule has 0 spiro atoms. The molecule has 5 nitrogen and oxygen atoms in total. The number of nitrogens with zero attached hydrogens (tertiary/aromatic N) is 3. The van der Waals surface area contributed by atoms with Crippen molar-refractivity contribution in [3.05, 3.63) is 34.1 Å². The molecule has 2 aromatic rings. The second-order valence-corrected chi connectivity index (χ2v) is 6.19. The molecule has 108 valence electrons. The Morgan fingerprint density at radius 3 is 2.80 bits per heavy atom. The van der Waals surface area contributed by atoms with Crippen LogP contribution in [0.15, 0.2) is 22.3 Å². The maximum atomic E-state index is 12.4. The number of carbonyl (C=O) groups excluding carboxylic acids is 1. The molecule has 0 aromatic carbocycles. The minimum absolute atomic E-state index is 0.0337. The van der Waals surface area contributed by atoms with E-state index < -0.39 is 0 Å². The number of thiazole rings is 1. The zero-order valence-electron chi connectivity index (χ0n) is 12.2. The lowest BCUT2D eigenvalue weighted by Crippen LogP contribution is -2.28. The van der Waals surface area contributed by atoms with Crippen molar-refractivity contribution >= 4 is 17.2 Å². The molecule has 1 atom stereocenters. The summed E-state index contributed by atoms with van der Waals surface area (Å²) in [7, 11) is 1.76. The van der Waals surface area contributed by atoms with E-state index in [-0.39, 0.29) is 11.9 Å². The highest BCUT2D eigenvalue weighted by Crippen LogP contribution is 2.23. The third kappa shape index (κ3) is 3.25. The van der Waals surface area contributed by atoms with Gasteiger partial charge in [0.1, 0.15) is 0 Å². The van der Waals surface area contributed by atoms with Crippen molar-refractivity contribution in [3.63, 3.8) is 0 Å². The van der Waals surface area contributed by atoms with Crippen LogP contribution >= 0.6 is 11.3 Å². The molecule has 2 heterocycles. The van der Waals surface area contributed by atoms with Crippen LogP contribution in [0.4, 0.5) is 0 Å². The van der Waals surface area contributed by atoms with E-state index in [0.717, 1.165) is 17.0 Å². The van der Waals surface area contributed by atoms with E-state index in [9.17, 15) is 4.79 Å². The molecule has 0 aliphatic carbocycles. The maximum Gasteiger partial charge on any atom is 0.292 e. The number of carbonyl (C=O) groups is 1. The number of hydrogen-bond acceptors (Lipinski definition) is 5. The first kappa shape index (κ1) is 14.7. The van der Waals surface area contributed by atoms with Crippen LogP contribution in [0.1, 0.15) is 47.9 Å². The number of hydrogen-bond donors (Lipinski definition) is 0. The van der Waals surface area contributed by atoms with Crippen molar-refractivity contribution in [1.82, 2.24) is 15.0 Å². The predicted molar refractivity (Wildman–Crippen MR) is 77.7 cm³/mol. The molecule has 0 aliphatic rings. The Hall–Kier alpha value is -1.69. The van der Waals surface area contributed by atoms with Gasteiger partial charge in [-0.2, -0.15) is 0 Å². The van der Waals surface area contributed by atoms with E-state index >= 15 is 0 Å². The second-order valence-electron chi connectivity index (χ2n) is 5.28. The Labute approximate surface area is 122 Å². The van der Waals surface area contributed by atoms with Crippen LogP contribution in [0.25, 0.3) is 0 Å². The van der Waals surface area contributed by atoms with E-state index in [1.165, 1.54) is 11.3 Å². The molecule has 0 N–H and O–H groups in total. The quantitative estimate of drug-likeness (QED) is 0.849. The number of aromatic nitrogens is 2. The molecule has 0 unspecified atom stereocenters. The van der Waals surface area contributed by atoms with Crippen LogP contribution < -0.4 is 0 Å². The lowest BCUT2D eigenvalue weighted by molar-refractivity contribution is 0.0702. The standard InChI is InChI=1S/C14H19N3O2S/c1-9(2)5-11-6-12(19-16-11)14(18)17(4)10(3)13-7-15-8-20-13/h6-10H,5H2,1-4H3/t10-/m1/s1. The van der Waals surface area contributed by atoms with Crippen molar-refractivity contribution in [2.45, 2.75) is 33.2 Å². The van der Waals surface area contributed by atoms with Gasteiger partial charge in [-0.15, -0.1) is 11.3 Å². The lowest BCUT2D eigenvalue weighted by Gasteiger charge is -2.22. The first-order valence-electron chi connectivity index (χ1n) is 6.60. The minimum Gasteiger partial charge on any atom is -0.351 e. The summed E-state index contributed by atoms with van der Waals surface area (Å²) in [5.74, 6) is 0.616. The van der Waals surface area contributed by atoms with E-state index in [0.29, 0.717) is 11.7 Å². The van der Waals surface area contributed by atoms with E-state index in [1.807, 2.05) is 6.92 Å². The lowest BCUT2D eigenvalue weighted by atomic mass is 10.1. The fourth-order valence-electron chi connectivity index (χ4n) is 1.90. The Morgan fingerprint density at radius 1 is 1.45 bits per heavy atom. The molecule has 0 aliphatic heterocycles. The fraction of sp³-hybridized carbons (Fsp3) is 0.500. The minimum atomic E-state index is -0.159. The molecule has 2 rings (SSSR count). The first-order valence-corrected chi connectivity index (χ1v) is 7.48. The van der Waals surface area contributed by atoms with Gasteiger partial charge >= 0.3 is 0 Å². The van der Waals surface area contributed by atoms with Gasteiger partial charge in [0.2, 0.25) is 5.76 Å². The highest BCUT2D eigenvalue weighted by atomic mass is 32.1. The monoisotopic (exact) mass is 293 g/mol. The zero-order chi connectivity index (χ0) is 14.7. The van der Waals surface area contributed by atoms with E-state index in [4.69, 9.17) is 4.52 Å². The molecular weight excluding hydrogens is 274 g/mol. The molecule has 0 saturated carbocycles. The fourth-order valence-corrected chi connectivity index (χ4v) is 2.62. The first-order chi connectivity index (χ1) is 9.49. The van der Waals surface area contributed by atoms with Crippen LogP contribution in [0.2, 0.25) is 0 Å². The molecule has 6 heteroatoms. The highest BCUT2D eigenvalue weighted by Gasteiger charge is 2.23. The van der Waals surface area contributed by atoms with Crippen LogP contribution in [0.3, 0.4) is 0 Å². The molecule has 0 radical (unpaired) electrons. The van der Waals surface area contributed by atoms with Crippen LogP contribution in [-0.4, -0.2) is 28.0 Å². The summed E-state index contributed by atoms with van der Waals surface area (Å²) < 4.78 is 5.16. The Morgan fingerprint density at radius 2 is 2.20 bits per heavy atom. The summed E-state index contributed by atoms with van der Waals surface area (Å²) in [4.78, 5) is 19.1. The molecule has 0 saturated heterocycles. The topological polar surface area (TPSA) is 59.2 Å². The largest absolute Gasteiger partial charge is 0.351 e. The SMILES string of the molecule is CC(C)Cc1cc(C(=O)N(C)[C@H](C)c2cncs2)on1. The van der Waals surface area contributed by atoms with Crippen molar-refractivity contribution in [1.29, 1.82) is 0 Å². The van der Waals surface area contributed by atoms with Gasteiger partial charge in [-0.05, 0) is 19.3 Å². The third-order valence-electron chi connectivity index (χ3n) is 3.15. The van der Waals surface area contributed by atoms with Crippen LogP contribution in [0, 0.1) is 5.92 Å². The molecule has 0 bridgehead atoms. The Bertz CT molecular complexity index is 563. The summed E-state index contributed by atoms with van der Waals surface area (Å²) in [5, 5.41) is 3.95. The normalized spacial score (nSPS) is 12.7. The number of rotatable bonds is 5. The average Bonchev–Trinajstić information content (AvgIpc) is 3.06. The smallest absolute Gasteiger partial charge is 0.292 e. The van der Waals surface area contributed by atoms with Crippen LogP contribution in [0.5, 0.6) is 0 Å². The van der Waals surface area contributed by atoms with Crippen LogP contribution in [-0.2, 0) is 6.42 Å². The van der Waals surface area contributed by atoms with Gasteiger partial charge in [-0.3, -0.25) is 9.78 Å². The number of amides is 1. The van der Waals surface area contributed by atoms with Crippen molar-refractivity contribution in [2.75, 3.05) is 7.05 Å². The maximum absolute atomic E-state index is 12.4. The van der Waals surface area contributed by atoms with Gasteiger partial charge in [0.25, 0.3) is 5.91 Å². The van der Waals surface area contributed by atoms with Gasteiger partial charge in [0, 0.05) is 24.2 Å². The molecule has 0 fully saturated rings.